The zero-order chi connectivity index (χ0) is 9.26. The molecule has 3 nitrogen and oxygen atoms in total. The van der Waals surface area contributed by atoms with Gasteiger partial charge in [0.2, 0.25) is 0 Å². The maximum Gasteiger partial charge on any atom is 0.146 e. The van der Waals surface area contributed by atoms with E-state index in [-0.39, 0.29) is 12.2 Å². The molecule has 0 spiro atoms. The Hall–Kier alpha value is -0.380. The van der Waals surface area contributed by atoms with E-state index < -0.39 is 0 Å². The Morgan fingerprint density at radius 3 is 2.92 bits per heavy atom. The molecule has 13 heavy (non-hydrogen) atoms. The number of hydrogen-bond acceptors (Lipinski definition) is 3. The molecule has 1 N–H and O–H groups in total. The van der Waals surface area contributed by atoms with Crippen LogP contribution in [0, 0.1) is 11.8 Å². The number of rotatable bonds is 3. The highest BCUT2D eigenvalue weighted by Crippen LogP contribution is 2.39. The minimum atomic E-state index is -0.257. The molecule has 74 valence electrons. The van der Waals surface area contributed by atoms with Crippen molar-refractivity contribution in [3.05, 3.63) is 12.2 Å². The van der Waals surface area contributed by atoms with Crippen LogP contribution in [0.1, 0.15) is 12.8 Å². The molecule has 0 aliphatic heterocycles. The van der Waals surface area contributed by atoms with Gasteiger partial charge in [-0.15, -0.1) is 0 Å². The van der Waals surface area contributed by atoms with E-state index in [1.54, 1.807) is 7.11 Å². The van der Waals surface area contributed by atoms with Crippen LogP contribution in [0.15, 0.2) is 12.2 Å². The van der Waals surface area contributed by atoms with Gasteiger partial charge in [0.1, 0.15) is 6.79 Å². The molecule has 1 fully saturated rings. The molecule has 2 aliphatic carbocycles. The second-order valence-electron chi connectivity index (χ2n) is 3.88. The maximum atomic E-state index is 9.57. The van der Waals surface area contributed by atoms with Gasteiger partial charge >= 0.3 is 0 Å². The molecule has 3 heteroatoms. The molecule has 0 aromatic rings. The molecule has 2 rings (SSSR count). The summed E-state index contributed by atoms with van der Waals surface area (Å²) in [6.07, 6.45) is 5.99. The lowest BCUT2D eigenvalue weighted by atomic mass is 9.93. The first-order valence-corrected chi connectivity index (χ1v) is 4.78. The molecule has 0 aromatic carbocycles. The average Bonchev–Trinajstić information content (AvgIpc) is 2.48. The number of ether oxygens (including phenoxy) is 2. The predicted octanol–water partition coefficient (Wildman–Crippen LogP) is 0.932. The third-order valence-electron chi connectivity index (χ3n) is 3.03. The van der Waals surface area contributed by atoms with Gasteiger partial charge in [0.15, 0.2) is 0 Å². The molecule has 0 amide bonds. The molecule has 0 aromatic heterocycles. The quantitative estimate of drug-likeness (QED) is 0.524. The number of aliphatic hydroxyl groups is 1. The average molecular weight is 184 g/mol. The predicted molar refractivity (Wildman–Crippen MR) is 48.1 cm³/mol. The maximum absolute atomic E-state index is 9.57. The normalized spacial score (nSPS) is 42.6. The van der Waals surface area contributed by atoms with Crippen LogP contribution < -0.4 is 0 Å². The summed E-state index contributed by atoms with van der Waals surface area (Å²) in [6, 6.07) is 0. The summed E-state index contributed by atoms with van der Waals surface area (Å²) in [4.78, 5) is 0. The van der Waals surface area contributed by atoms with Crippen LogP contribution in [0.25, 0.3) is 0 Å². The third-order valence-corrected chi connectivity index (χ3v) is 3.03. The standard InChI is InChI=1S/C10H16O3/c1-12-6-13-10-5-8-4-7(10)2-3-9(8)11/h2-3,7-11H,4-6H2,1H3/t7-,8+,9+,10+/m1/s1. The highest BCUT2D eigenvalue weighted by atomic mass is 16.7. The summed E-state index contributed by atoms with van der Waals surface area (Å²) >= 11 is 0. The fourth-order valence-electron chi connectivity index (χ4n) is 2.31. The van der Waals surface area contributed by atoms with Crippen LogP contribution in [-0.4, -0.2) is 31.2 Å². The first kappa shape index (κ1) is 9.19. The van der Waals surface area contributed by atoms with Crippen molar-refractivity contribution in [2.45, 2.75) is 25.0 Å². The molecule has 1 saturated carbocycles. The lowest BCUT2D eigenvalue weighted by Crippen LogP contribution is -2.18. The number of hydrogen-bond donors (Lipinski definition) is 1. The Bertz CT molecular complexity index is 202. The van der Waals surface area contributed by atoms with Gasteiger partial charge in [-0.25, -0.2) is 0 Å². The van der Waals surface area contributed by atoms with Gasteiger partial charge in [0, 0.05) is 13.0 Å². The molecular weight excluding hydrogens is 168 g/mol. The molecule has 2 aliphatic rings. The van der Waals surface area contributed by atoms with Gasteiger partial charge in [0.05, 0.1) is 12.2 Å². The minimum absolute atomic E-state index is 0.248. The van der Waals surface area contributed by atoms with Crippen molar-refractivity contribution in [2.24, 2.45) is 11.8 Å². The molecule has 0 radical (unpaired) electrons. The number of aliphatic hydroxyl groups excluding tert-OH is 1. The van der Waals surface area contributed by atoms with Gasteiger partial charge in [-0.2, -0.15) is 0 Å². The molecular formula is C10H16O3. The van der Waals surface area contributed by atoms with Crippen molar-refractivity contribution in [2.75, 3.05) is 13.9 Å². The Morgan fingerprint density at radius 1 is 1.38 bits per heavy atom. The lowest BCUT2D eigenvalue weighted by molar-refractivity contribution is -0.0787. The van der Waals surface area contributed by atoms with Crippen LogP contribution in [0.2, 0.25) is 0 Å². The summed E-state index contributed by atoms with van der Waals surface area (Å²) in [5.74, 6) is 0.889. The van der Waals surface area contributed by atoms with Crippen LogP contribution in [0.5, 0.6) is 0 Å². The zero-order valence-corrected chi connectivity index (χ0v) is 7.85. The van der Waals surface area contributed by atoms with Crippen molar-refractivity contribution >= 4 is 0 Å². The van der Waals surface area contributed by atoms with Crippen molar-refractivity contribution in [1.82, 2.24) is 0 Å². The Morgan fingerprint density at radius 2 is 2.23 bits per heavy atom. The van der Waals surface area contributed by atoms with E-state index in [9.17, 15) is 5.11 Å². The van der Waals surface area contributed by atoms with Gasteiger partial charge in [-0.05, 0) is 18.8 Å². The summed E-state index contributed by atoms with van der Waals surface area (Å²) in [6.45, 7) is 0.359. The van der Waals surface area contributed by atoms with E-state index in [0.717, 1.165) is 12.8 Å². The first-order chi connectivity index (χ1) is 6.31. The van der Waals surface area contributed by atoms with E-state index in [1.807, 2.05) is 6.08 Å². The third kappa shape index (κ3) is 1.77. The SMILES string of the molecule is COCO[C@H]1C[C@@H]2C[C@H]1C=C[C@@H]2O. The van der Waals surface area contributed by atoms with Gasteiger partial charge in [0.25, 0.3) is 0 Å². The first-order valence-electron chi connectivity index (χ1n) is 4.78. The Balaban J connectivity index is 1.92. The molecule has 0 saturated heterocycles. The fourth-order valence-corrected chi connectivity index (χ4v) is 2.31. The van der Waals surface area contributed by atoms with Crippen molar-refractivity contribution in [3.8, 4) is 0 Å². The number of fused-ring (bicyclic) bond motifs is 2. The van der Waals surface area contributed by atoms with E-state index in [0.29, 0.717) is 18.6 Å². The molecule has 0 heterocycles. The minimum Gasteiger partial charge on any atom is -0.389 e. The van der Waals surface area contributed by atoms with Gasteiger partial charge in [-0.3, -0.25) is 0 Å². The Labute approximate surface area is 78.3 Å². The topological polar surface area (TPSA) is 38.7 Å². The van der Waals surface area contributed by atoms with Crippen molar-refractivity contribution in [1.29, 1.82) is 0 Å². The molecule has 2 bridgehead atoms. The smallest absolute Gasteiger partial charge is 0.146 e. The van der Waals surface area contributed by atoms with Gasteiger partial charge in [-0.1, -0.05) is 12.2 Å². The molecule has 0 unspecified atom stereocenters. The van der Waals surface area contributed by atoms with E-state index in [4.69, 9.17) is 9.47 Å². The van der Waals surface area contributed by atoms with Crippen LogP contribution in [-0.2, 0) is 9.47 Å². The van der Waals surface area contributed by atoms with Crippen molar-refractivity contribution in [3.63, 3.8) is 0 Å². The van der Waals surface area contributed by atoms with Crippen LogP contribution in [0.3, 0.4) is 0 Å². The van der Waals surface area contributed by atoms with E-state index in [2.05, 4.69) is 6.08 Å². The molecule has 4 atom stereocenters. The van der Waals surface area contributed by atoms with Crippen LogP contribution >= 0.6 is 0 Å². The fraction of sp³-hybridized carbons (Fsp3) is 0.800. The highest BCUT2D eigenvalue weighted by molar-refractivity contribution is 5.09. The Kier molecular flexibility index (Phi) is 2.67. The van der Waals surface area contributed by atoms with E-state index in [1.165, 1.54) is 0 Å². The van der Waals surface area contributed by atoms with Crippen molar-refractivity contribution < 1.29 is 14.6 Å². The van der Waals surface area contributed by atoms with Crippen LogP contribution in [0.4, 0.5) is 0 Å². The second kappa shape index (κ2) is 3.78. The summed E-state index contributed by atoms with van der Waals surface area (Å²) in [7, 11) is 1.63. The highest BCUT2D eigenvalue weighted by Gasteiger charge is 2.39. The largest absolute Gasteiger partial charge is 0.389 e. The van der Waals surface area contributed by atoms with E-state index >= 15 is 0 Å². The van der Waals surface area contributed by atoms with Gasteiger partial charge < -0.3 is 14.6 Å². The summed E-state index contributed by atoms with van der Waals surface area (Å²) < 4.78 is 10.4. The summed E-state index contributed by atoms with van der Waals surface area (Å²) in [5.41, 5.74) is 0. The lowest BCUT2D eigenvalue weighted by Gasteiger charge is -2.18. The zero-order valence-electron chi connectivity index (χ0n) is 7.85. The monoisotopic (exact) mass is 184 g/mol. The summed E-state index contributed by atoms with van der Waals surface area (Å²) in [5, 5.41) is 9.57. The second-order valence-corrected chi connectivity index (χ2v) is 3.88. The number of methoxy groups -OCH3 is 1.